The highest BCUT2D eigenvalue weighted by molar-refractivity contribution is 5.95. The van der Waals surface area contributed by atoms with Crippen molar-refractivity contribution >= 4 is 17.3 Å². The summed E-state index contributed by atoms with van der Waals surface area (Å²) < 4.78 is 0. The molecule has 4 nitrogen and oxygen atoms in total. The van der Waals surface area contributed by atoms with Crippen LogP contribution in [0.5, 0.6) is 0 Å². The van der Waals surface area contributed by atoms with Crippen molar-refractivity contribution in [1.29, 1.82) is 0 Å². The molecule has 1 amide bonds. The number of hydrogen-bond acceptors (Lipinski definition) is 3. The molecule has 112 valence electrons. The Labute approximate surface area is 126 Å². The van der Waals surface area contributed by atoms with E-state index in [0.717, 1.165) is 49.3 Å². The molecular formula is C17H23N3O. The third-order valence-corrected chi connectivity index (χ3v) is 4.45. The summed E-state index contributed by atoms with van der Waals surface area (Å²) in [5.74, 6) is 0.162. The van der Waals surface area contributed by atoms with E-state index in [2.05, 4.69) is 18.9 Å². The number of anilines is 1. The van der Waals surface area contributed by atoms with Gasteiger partial charge in [0.15, 0.2) is 0 Å². The third-order valence-electron chi connectivity index (χ3n) is 4.45. The van der Waals surface area contributed by atoms with Gasteiger partial charge in [-0.1, -0.05) is 0 Å². The molecule has 0 aromatic heterocycles. The molecule has 0 spiro atoms. The lowest BCUT2D eigenvalue weighted by molar-refractivity contribution is 0.0635. The van der Waals surface area contributed by atoms with E-state index in [0.29, 0.717) is 6.04 Å². The SMILES string of the molecule is CC1=NN(c2ccc(C(=O)N3CCCCC3C)cc2)CC1. The highest BCUT2D eigenvalue weighted by Crippen LogP contribution is 2.23. The minimum absolute atomic E-state index is 0.162. The van der Waals surface area contributed by atoms with Gasteiger partial charge in [-0.3, -0.25) is 9.80 Å². The van der Waals surface area contributed by atoms with Crippen LogP contribution in [0.25, 0.3) is 0 Å². The van der Waals surface area contributed by atoms with Crippen molar-refractivity contribution < 1.29 is 4.79 Å². The van der Waals surface area contributed by atoms with E-state index >= 15 is 0 Å². The van der Waals surface area contributed by atoms with Gasteiger partial charge in [-0.15, -0.1) is 0 Å². The molecule has 1 unspecified atom stereocenters. The normalized spacial score (nSPS) is 22.4. The minimum Gasteiger partial charge on any atom is -0.336 e. The predicted molar refractivity (Wildman–Crippen MR) is 85.9 cm³/mol. The molecule has 2 aliphatic rings. The van der Waals surface area contributed by atoms with E-state index < -0.39 is 0 Å². The number of nitrogens with zero attached hydrogens (tertiary/aromatic N) is 3. The third kappa shape index (κ3) is 2.94. The molecule has 0 N–H and O–H groups in total. The maximum Gasteiger partial charge on any atom is 0.254 e. The van der Waals surface area contributed by atoms with Crippen molar-refractivity contribution in [3.05, 3.63) is 29.8 Å². The monoisotopic (exact) mass is 285 g/mol. The number of amides is 1. The molecule has 2 aliphatic heterocycles. The second-order valence-corrected chi connectivity index (χ2v) is 6.10. The predicted octanol–water partition coefficient (Wildman–Crippen LogP) is 3.29. The number of rotatable bonds is 2. The quantitative estimate of drug-likeness (QED) is 0.836. The van der Waals surface area contributed by atoms with Crippen LogP contribution < -0.4 is 5.01 Å². The summed E-state index contributed by atoms with van der Waals surface area (Å²) in [7, 11) is 0. The molecule has 0 saturated carbocycles. The van der Waals surface area contributed by atoms with Gasteiger partial charge in [0, 0.05) is 36.8 Å². The van der Waals surface area contributed by atoms with E-state index in [-0.39, 0.29) is 5.91 Å². The van der Waals surface area contributed by atoms with Gasteiger partial charge in [0.1, 0.15) is 0 Å². The number of likely N-dealkylation sites (tertiary alicyclic amines) is 1. The topological polar surface area (TPSA) is 35.9 Å². The van der Waals surface area contributed by atoms with Crippen LogP contribution in [-0.2, 0) is 0 Å². The lowest BCUT2D eigenvalue weighted by Gasteiger charge is -2.33. The Bertz CT molecular complexity index is 550. The number of hydrazone groups is 1. The van der Waals surface area contributed by atoms with Gasteiger partial charge in [-0.2, -0.15) is 5.10 Å². The average Bonchev–Trinajstić information content (AvgIpc) is 2.94. The molecular weight excluding hydrogens is 262 g/mol. The molecule has 2 heterocycles. The van der Waals surface area contributed by atoms with Crippen LogP contribution in [0.4, 0.5) is 5.69 Å². The zero-order valence-electron chi connectivity index (χ0n) is 12.9. The fourth-order valence-corrected chi connectivity index (χ4v) is 3.10. The molecule has 0 aliphatic carbocycles. The molecule has 0 bridgehead atoms. The fraction of sp³-hybridized carbons (Fsp3) is 0.529. The lowest BCUT2D eigenvalue weighted by Crippen LogP contribution is -2.42. The molecule has 1 saturated heterocycles. The van der Waals surface area contributed by atoms with Gasteiger partial charge in [-0.05, 0) is 57.4 Å². The number of benzene rings is 1. The Morgan fingerprint density at radius 3 is 2.57 bits per heavy atom. The largest absolute Gasteiger partial charge is 0.336 e. The maximum atomic E-state index is 12.6. The van der Waals surface area contributed by atoms with Crippen molar-refractivity contribution in [2.45, 2.75) is 45.6 Å². The summed E-state index contributed by atoms with van der Waals surface area (Å²) >= 11 is 0. The van der Waals surface area contributed by atoms with Crippen LogP contribution in [0.3, 0.4) is 0 Å². The number of carbonyl (C=O) groups excluding carboxylic acids is 1. The Morgan fingerprint density at radius 2 is 1.95 bits per heavy atom. The second kappa shape index (κ2) is 5.88. The molecule has 1 aromatic carbocycles. The summed E-state index contributed by atoms with van der Waals surface area (Å²) in [6.07, 6.45) is 4.49. The zero-order chi connectivity index (χ0) is 14.8. The smallest absolute Gasteiger partial charge is 0.254 e. The molecule has 3 rings (SSSR count). The maximum absolute atomic E-state index is 12.6. The standard InChI is InChI=1S/C17H23N3O/c1-13-10-12-20(18-13)16-8-6-15(7-9-16)17(21)19-11-4-3-5-14(19)2/h6-9,14H,3-5,10-12H2,1-2H3. The van der Waals surface area contributed by atoms with Crippen molar-refractivity contribution in [2.24, 2.45) is 5.10 Å². The van der Waals surface area contributed by atoms with Gasteiger partial charge in [0.25, 0.3) is 5.91 Å². The first kappa shape index (κ1) is 14.1. The van der Waals surface area contributed by atoms with Crippen LogP contribution in [-0.4, -0.2) is 35.7 Å². The molecule has 1 fully saturated rings. The van der Waals surface area contributed by atoms with Gasteiger partial charge in [0.2, 0.25) is 0 Å². The van der Waals surface area contributed by atoms with Crippen LogP contribution in [0, 0.1) is 0 Å². The fourth-order valence-electron chi connectivity index (χ4n) is 3.10. The first-order chi connectivity index (χ1) is 10.1. The average molecular weight is 285 g/mol. The van der Waals surface area contributed by atoms with E-state index in [4.69, 9.17) is 0 Å². The van der Waals surface area contributed by atoms with Gasteiger partial charge >= 0.3 is 0 Å². The highest BCUT2D eigenvalue weighted by Gasteiger charge is 2.24. The molecule has 4 heteroatoms. The number of hydrogen-bond donors (Lipinski definition) is 0. The van der Waals surface area contributed by atoms with E-state index in [1.165, 1.54) is 6.42 Å². The Kier molecular flexibility index (Phi) is 3.95. The first-order valence-electron chi connectivity index (χ1n) is 7.88. The van der Waals surface area contributed by atoms with Crippen molar-refractivity contribution in [3.63, 3.8) is 0 Å². The minimum atomic E-state index is 0.162. The van der Waals surface area contributed by atoms with Crippen LogP contribution in [0.2, 0.25) is 0 Å². The summed E-state index contributed by atoms with van der Waals surface area (Å²) in [5, 5.41) is 6.50. The van der Waals surface area contributed by atoms with E-state index in [1.54, 1.807) is 0 Å². The number of piperidine rings is 1. The van der Waals surface area contributed by atoms with Gasteiger partial charge in [0.05, 0.1) is 5.69 Å². The summed E-state index contributed by atoms with van der Waals surface area (Å²) in [6.45, 7) is 6.02. The highest BCUT2D eigenvalue weighted by atomic mass is 16.2. The molecule has 21 heavy (non-hydrogen) atoms. The summed E-state index contributed by atoms with van der Waals surface area (Å²) in [4.78, 5) is 14.6. The Morgan fingerprint density at radius 1 is 1.19 bits per heavy atom. The lowest BCUT2D eigenvalue weighted by atomic mass is 10.0. The Balaban J connectivity index is 1.73. The van der Waals surface area contributed by atoms with E-state index in [1.807, 2.05) is 34.2 Å². The number of carbonyl (C=O) groups is 1. The van der Waals surface area contributed by atoms with Crippen LogP contribution in [0.1, 0.15) is 49.9 Å². The van der Waals surface area contributed by atoms with Crippen molar-refractivity contribution in [1.82, 2.24) is 4.90 Å². The van der Waals surface area contributed by atoms with Crippen LogP contribution in [0.15, 0.2) is 29.4 Å². The van der Waals surface area contributed by atoms with E-state index in [9.17, 15) is 4.79 Å². The molecule has 0 radical (unpaired) electrons. The molecule has 1 aromatic rings. The zero-order valence-corrected chi connectivity index (χ0v) is 12.9. The van der Waals surface area contributed by atoms with Crippen molar-refractivity contribution in [3.8, 4) is 0 Å². The summed E-state index contributed by atoms with van der Waals surface area (Å²) in [5.41, 5.74) is 3.01. The summed E-state index contributed by atoms with van der Waals surface area (Å²) in [6, 6.07) is 8.23. The Hall–Kier alpha value is -1.84. The van der Waals surface area contributed by atoms with Gasteiger partial charge in [-0.25, -0.2) is 0 Å². The van der Waals surface area contributed by atoms with Gasteiger partial charge < -0.3 is 4.90 Å². The van der Waals surface area contributed by atoms with Crippen molar-refractivity contribution in [2.75, 3.05) is 18.1 Å². The second-order valence-electron chi connectivity index (χ2n) is 6.10. The van der Waals surface area contributed by atoms with Crippen LogP contribution >= 0.6 is 0 Å². The first-order valence-corrected chi connectivity index (χ1v) is 7.88. The molecule has 1 atom stereocenters.